The van der Waals surface area contributed by atoms with Gasteiger partial charge in [-0.3, -0.25) is 13.7 Å². The van der Waals surface area contributed by atoms with E-state index in [9.17, 15) is 13.6 Å². The van der Waals surface area contributed by atoms with E-state index in [4.69, 9.17) is 4.42 Å². The first-order chi connectivity index (χ1) is 14.4. The van der Waals surface area contributed by atoms with Crippen molar-refractivity contribution in [1.82, 2.24) is 5.01 Å². The van der Waals surface area contributed by atoms with Gasteiger partial charge in [0.05, 0.1) is 17.7 Å². The molecule has 154 valence electrons. The lowest BCUT2D eigenvalue weighted by atomic mass is 10.0. The Balaban J connectivity index is 1.65. The maximum atomic E-state index is 13.2. The standard InChI is InChI=1S/C21H18BrN3O4S/c1-24(30(27)28)17-10-6-14(7-11-17)18-13-19(20-3-2-12-29-20)25(23-18)21(26)15-4-8-16(22)9-5-15/h2-12,19H,13H2,1H3,(H,27,28). The van der Waals surface area contributed by atoms with E-state index in [0.29, 0.717) is 23.4 Å². The minimum Gasteiger partial charge on any atom is -0.467 e. The van der Waals surface area contributed by atoms with Gasteiger partial charge in [-0.05, 0) is 54.1 Å². The first-order valence-electron chi connectivity index (χ1n) is 9.09. The normalized spacial score (nSPS) is 17.0. The molecule has 9 heteroatoms. The predicted molar refractivity (Wildman–Crippen MR) is 119 cm³/mol. The molecule has 4 rings (SSSR count). The van der Waals surface area contributed by atoms with Gasteiger partial charge in [0, 0.05) is 23.5 Å². The van der Waals surface area contributed by atoms with Crippen molar-refractivity contribution in [2.24, 2.45) is 5.10 Å². The number of rotatable bonds is 5. The lowest BCUT2D eigenvalue weighted by molar-refractivity contribution is 0.0693. The molecule has 2 atom stereocenters. The number of carbonyl (C=O) groups excluding carboxylic acids is 1. The third-order valence-electron chi connectivity index (χ3n) is 4.88. The molecule has 1 aliphatic rings. The van der Waals surface area contributed by atoms with Crippen molar-refractivity contribution in [2.45, 2.75) is 12.5 Å². The van der Waals surface area contributed by atoms with Crippen molar-refractivity contribution >= 4 is 44.5 Å². The lowest BCUT2D eigenvalue weighted by Crippen LogP contribution is -2.26. The van der Waals surface area contributed by atoms with Crippen LogP contribution in [0.1, 0.15) is 34.1 Å². The summed E-state index contributed by atoms with van der Waals surface area (Å²) in [4.78, 5) is 13.2. The highest BCUT2D eigenvalue weighted by atomic mass is 79.9. The maximum Gasteiger partial charge on any atom is 0.274 e. The zero-order valence-corrected chi connectivity index (χ0v) is 18.3. The molecular weight excluding hydrogens is 470 g/mol. The van der Waals surface area contributed by atoms with Crippen LogP contribution < -0.4 is 4.31 Å². The Morgan fingerprint density at radius 1 is 1.20 bits per heavy atom. The molecule has 0 fully saturated rings. The monoisotopic (exact) mass is 487 g/mol. The van der Waals surface area contributed by atoms with E-state index in [1.54, 1.807) is 36.6 Å². The third kappa shape index (κ3) is 4.09. The zero-order chi connectivity index (χ0) is 21.3. The van der Waals surface area contributed by atoms with Crippen molar-refractivity contribution in [3.05, 3.63) is 88.3 Å². The summed E-state index contributed by atoms with van der Waals surface area (Å²) in [5.74, 6) is 0.442. The van der Waals surface area contributed by atoms with Gasteiger partial charge in [-0.2, -0.15) is 5.10 Å². The summed E-state index contributed by atoms with van der Waals surface area (Å²) in [6.45, 7) is 0. The first-order valence-corrected chi connectivity index (χ1v) is 10.9. The van der Waals surface area contributed by atoms with Crippen molar-refractivity contribution in [3.8, 4) is 0 Å². The number of carbonyl (C=O) groups is 1. The Kier molecular flexibility index (Phi) is 5.85. The number of hydrogen-bond donors (Lipinski definition) is 1. The fourth-order valence-electron chi connectivity index (χ4n) is 3.25. The molecule has 3 aromatic rings. The van der Waals surface area contributed by atoms with E-state index in [-0.39, 0.29) is 11.9 Å². The van der Waals surface area contributed by atoms with Gasteiger partial charge in [-0.25, -0.2) is 9.22 Å². The number of hydrogen-bond acceptors (Lipinski definition) is 4. The van der Waals surface area contributed by atoms with Gasteiger partial charge in [0.15, 0.2) is 0 Å². The number of amides is 1. The summed E-state index contributed by atoms with van der Waals surface area (Å²) in [5.41, 5.74) is 2.70. The Labute approximate surface area is 184 Å². The molecule has 2 aromatic carbocycles. The highest BCUT2D eigenvalue weighted by Gasteiger charge is 2.35. The fraction of sp³-hybridized carbons (Fsp3) is 0.143. The molecule has 1 N–H and O–H groups in total. The van der Waals surface area contributed by atoms with Crippen LogP contribution in [0.4, 0.5) is 5.69 Å². The van der Waals surface area contributed by atoms with Crippen LogP contribution in [0.2, 0.25) is 0 Å². The van der Waals surface area contributed by atoms with Gasteiger partial charge < -0.3 is 4.42 Å². The lowest BCUT2D eigenvalue weighted by Gasteiger charge is -2.19. The van der Waals surface area contributed by atoms with E-state index in [1.165, 1.54) is 16.4 Å². The topological polar surface area (TPSA) is 86.4 Å². The summed E-state index contributed by atoms with van der Waals surface area (Å²) in [6.07, 6.45) is 2.08. The SMILES string of the molecule is CN(c1ccc(C2=NN(C(=O)c3ccc(Br)cc3)C(c3ccco3)C2)cc1)S(=O)O. The zero-order valence-electron chi connectivity index (χ0n) is 15.9. The smallest absolute Gasteiger partial charge is 0.274 e. The quantitative estimate of drug-likeness (QED) is 0.532. The van der Waals surface area contributed by atoms with Crippen LogP contribution in [0.5, 0.6) is 0 Å². The van der Waals surface area contributed by atoms with E-state index in [2.05, 4.69) is 21.0 Å². The molecule has 0 aliphatic carbocycles. The second-order valence-electron chi connectivity index (χ2n) is 6.71. The molecule has 0 radical (unpaired) electrons. The highest BCUT2D eigenvalue weighted by molar-refractivity contribution is 9.10. The van der Waals surface area contributed by atoms with Crippen LogP contribution in [0.3, 0.4) is 0 Å². The summed E-state index contributed by atoms with van der Waals surface area (Å²) in [6, 6.07) is 17.5. The van der Waals surface area contributed by atoms with Gasteiger partial charge >= 0.3 is 0 Å². The highest BCUT2D eigenvalue weighted by Crippen LogP contribution is 2.34. The largest absolute Gasteiger partial charge is 0.467 e. The molecule has 2 heterocycles. The van der Waals surface area contributed by atoms with Gasteiger partial charge in [-0.15, -0.1) is 0 Å². The van der Waals surface area contributed by atoms with Crippen molar-refractivity contribution in [3.63, 3.8) is 0 Å². The number of nitrogens with zero attached hydrogens (tertiary/aromatic N) is 3. The van der Waals surface area contributed by atoms with Crippen LogP contribution in [-0.2, 0) is 11.3 Å². The summed E-state index contributed by atoms with van der Waals surface area (Å²) in [7, 11) is 1.53. The van der Waals surface area contributed by atoms with Crippen LogP contribution >= 0.6 is 15.9 Å². The molecule has 2 unspecified atom stereocenters. The molecule has 1 aromatic heterocycles. The molecule has 30 heavy (non-hydrogen) atoms. The summed E-state index contributed by atoms with van der Waals surface area (Å²) < 4.78 is 28.2. The van der Waals surface area contributed by atoms with E-state index in [1.807, 2.05) is 30.3 Å². The molecular formula is C21H18BrN3O4S. The van der Waals surface area contributed by atoms with Crippen LogP contribution in [0.25, 0.3) is 0 Å². The number of hydrazone groups is 1. The Morgan fingerprint density at radius 3 is 2.50 bits per heavy atom. The van der Waals surface area contributed by atoms with Gasteiger partial charge in [0.25, 0.3) is 17.2 Å². The van der Waals surface area contributed by atoms with E-state index < -0.39 is 11.3 Å². The Morgan fingerprint density at radius 2 is 1.90 bits per heavy atom. The average molecular weight is 488 g/mol. The van der Waals surface area contributed by atoms with E-state index >= 15 is 0 Å². The number of halogens is 1. The molecule has 0 bridgehead atoms. The van der Waals surface area contributed by atoms with Gasteiger partial charge in [0.1, 0.15) is 11.8 Å². The molecule has 0 saturated heterocycles. The van der Waals surface area contributed by atoms with Crippen LogP contribution in [0, 0.1) is 0 Å². The second kappa shape index (κ2) is 8.55. The number of furan rings is 1. The predicted octanol–water partition coefficient (Wildman–Crippen LogP) is 4.61. The summed E-state index contributed by atoms with van der Waals surface area (Å²) >= 11 is 1.28. The average Bonchev–Trinajstić information content (AvgIpc) is 3.43. The molecule has 7 nitrogen and oxygen atoms in total. The fourth-order valence-corrected chi connectivity index (χ4v) is 3.82. The van der Waals surface area contributed by atoms with Crippen molar-refractivity contribution in [1.29, 1.82) is 0 Å². The van der Waals surface area contributed by atoms with Crippen LogP contribution in [0.15, 0.2) is 80.9 Å². The Hall–Kier alpha value is -2.75. The minimum atomic E-state index is -2.10. The molecule has 0 saturated carbocycles. The third-order valence-corrected chi connectivity index (χ3v) is 6.09. The second-order valence-corrected chi connectivity index (χ2v) is 8.64. The number of anilines is 1. The first kappa shape index (κ1) is 20.5. The number of benzene rings is 2. The summed E-state index contributed by atoms with van der Waals surface area (Å²) in [5, 5.41) is 6.07. The van der Waals surface area contributed by atoms with Crippen LogP contribution in [-0.4, -0.2) is 32.4 Å². The van der Waals surface area contributed by atoms with Crippen molar-refractivity contribution < 1.29 is 18.0 Å². The molecule has 0 spiro atoms. The van der Waals surface area contributed by atoms with Gasteiger partial charge in [0.2, 0.25) is 0 Å². The van der Waals surface area contributed by atoms with E-state index in [0.717, 1.165) is 15.7 Å². The van der Waals surface area contributed by atoms with Gasteiger partial charge in [-0.1, -0.05) is 28.1 Å². The Bertz CT molecular complexity index is 1100. The molecule has 1 amide bonds. The maximum absolute atomic E-state index is 13.2. The minimum absolute atomic E-state index is 0.217. The van der Waals surface area contributed by atoms with Crippen molar-refractivity contribution in [2.75, 3.05) is 11.4 Å². The molecule has 1 aliphatic heterocycles.